The summed E-state index contributed by atoms with van der Waals surface area (Å²) >= 11 is 0. The molecule has 184 valence electrons. The molecule has 10 nitrogen and oxygen atoms in total. The summed E-state index contributed by atoms with van der Waals surface area (Å²) in [7, 11) is 0. The number of carbonyl (C=O) groups is 4. The van der Waals surface area contributed by atoms with E-state index in [-0.39, 0.29) is 19.4 Å². The lowest BCUT2D eigenvalue weighted by molar-refractivity contribution is -0.142. The van der Waals surface area contributed by atoms with Crippen molar-refractivity contribution in [3.05, 3.63) is 71.9 Å². The van der Waals surface area contributed by atoms with Crippen molar-refractivity contribution < 1.29 is 24.3 Å². The Bertz CT molecular complexity index is 1190. The van der Waals surface area contributed by atoms with Crippen LogP contribution in [0.1, 0.15) is 18.1 Å². The van der Waals surface area contributed by atoms with Gasteiger partial charge in [0.15, 0.2) is 0 Å². The molecule has 0 aliphatic carbocycles. The molecule has 0 fully saturated rings. The number of H-pyrrole nitrogens is 1. The smallest absolute Gasteiger partial charge is 0.326 e. The molecule has 0 aliphatic heterocycles. The standard InChI is InChI=1S/C25H29N5O5/c1-15(28-24(33)20(29-22(31)13-26)11-16-7-3-2-4-8-16)23(32)30-21(25(34)35)12-17-14-27-19-10-6-5-9-18(17)19/h2-10,14-15,20-21,27H,11-13,26H2,1H3,(H,28,33)(H,29,31)(H,30,32)(H,34,35). The van der Waals surface area contributed by atoms with Crippen LogP contribution in [0.4, 0.5) is 0 Å². The number of para-hydroxylation sites is 1. The second-order valence-corrected chi connectivity index (χ2v) is 8.21. The fraction of sp³-hybridized carbons (Fsp3) is 0.280. The largest absolute Gasteiger partial charge is 0.480 e. The summed E-state index contributed by atoms with van der Waals surface area (Å²) in [6, 6.07) is 13.3. The molecular formula is C25H29N5O5. The number of fused-ring (bicyclic) bond motifs is 1. The number of aromatic nitrogens is 1. The van der Waals surface area contributed by atoms with Crippen molar-refractivity contribution in [2.24, 2.45) is 5.73 Å². The molecule has 0 radical (unpaired) electrons. The second kappa shape index (κ2) is 11.8. The monoisotopic (exact) mass is 479 g/mol. The molecule has 3 aromatic rings. The van der Waals surface area contributed by atoms with Crippen molar-refractivity contribution in [3.8, 4) is 0 Å². The third-order valence-electron chi connectivity index (χ3n) is 5.59. The SMILES string of the molecule is CC(NC(=O)C(Cc1ccccc1)NC(=O)CN)C(=O)NC(Cc1c[nH]c2ccccc12)C(=O)O. The number of amides is 3. The Morgan fingerprint density at radius 2 is 1.57 bits per heavy atom. The lowest BCUT2D eigenvalue weighted by Crippen LogP contribution is -2.56. The summed E-state index contributed by atoms with van der Waals surface area (Å²) in [5, 5.41) is 18.1. The zero-order valence-electron chi connectivity index (χ0n) is 19.3. The summed E-state index contributed by atoms with van der Waals surface area (Å²) in [6.07, 6.45) is 1.98. The van der Waals surface area contributed by atoms with E-state index in [4.69, 9.17) is 5.73 Å². The van der Waals surface area contributed by atoms with Crippen LogP contribution in [0.2, 0.25) is 0 Å². The van der Waals surface area contributed by atoms with E-state index in [0.29, 0.717) is 0 Å². The number of hydrogen-bond acceptors (Lipinski definition) is 5. The molecule has 1 heterocycles. The van der Waals surface area contributed by atoms with Crippen molar-refractivity contribution in [1.82, 2.24) is 20.9 Å². The molecule has 0 aliphatic rings. The maximum absolute atomic E-state index is 12.9. The van der Waals surface area contributed by atoms with Gasteiger partial charge in [0.25, 0.3) is 0 Å². The maximum Gasteiger partial charge on any atom is 0.326 e. The fourth-order valence-electron chi connectivity index (χ4n) is 3.71. The average molecular weight is 480 g/mol. The molecule has 3 atom stereocenters. The Morgan fingerprint density at radius 3 is 2.26 bits per heavy atom. The molecule has 0 bridgehead atoms. The number of aliphatic carboxylic acids is 1. The first-order chi connectivity index (χ1) is 16.8. The van der Waals surface area contributed by atoms with Gasteiger partial charge in [-0.25, -0.2) is 4.79 Å². The number of carbonyl (C=O) groups excluding carboxylic acids is 3. The predicted molar refractivity (Wildman–Crippen MR) is 130 cm³/mol. The minimum absolute atomic E-state index is 0.0644. The predicted octanol–water partition coefficient (Wildman–Crippen LogP) is 0.471. The second-order valence-electron chi connectivity index (χ2n) is 8.21. The molecule has 10 heteroatoms. The Kier molecular flexibility index (Phi) is 8.58. The summed E-state index contributed by atoms with van der Waals surface area (Å²) < 4.78 is 0. The molecule has 7 N–H and O–H groups in total. The zero-order valence-corrected chi connectivity index (χ0v) is 19.3. The number of nitrogens with two attached hydrogens (primary N) is 1. The average Bonchev–Trinajstić information content (AvgIpc) is 3.26. The summed E-state index contributed by atoms with van der Waals surface area (Å²) in [4.78, 5) is 52.4. The number of hydrogen-bond donors (Lipinski definition) is 6. The van der Waals surface area contributed by atoms with E-state index >= 15 is 0 Å². The van der Waals surface area contributed by atoms with Crippen LogP contribution in [0, 0.1) is 0 Å². The van der Waals surface area contributed by atoms with E-state index in [1.165, 1.54) is 6.92 Å². The third kappa shape index (κ3) is 6.90. The van der Waals surface area contributed by atoms with Crippen LogP contribution in [-0.2, 0) is 32.0 Å². The van der Waals surface area contributed by atoms with Gasteiger partial charge in [-0.1, -0.05) is 48.5 Å². The van der Waals surface area contributed by atoms with E-state index < -0.39 is 41.8 Å². The van der Waals surface area contributed by atoms with Crippen molar-refractivity contribution >= 4 is 34.6 Å². The van der Waals surface area contributed by atoms with Gasteiger partial charge in [0.1, 0.15) is 18.1 Å². The van der Waals surface area contributed by atoms with Crippen molar-refractivity contribution in [2.75, 3.05) is 6.54 Å². The van der Waals surface area contributed by atoms with Crippen molar-refractivity contribution in [1.29, 1.82) is 0 Å². The van der Waals surface area contributed by atoms with Crippen LogP contribution in [0.3, 0.4) is 0 Å². The van der Waals surface area contributed by atoms with Gasteiger partial charge in [0.2, 0.25) is 17.7 Å². The van der Waals surface area contributed by atoms with Gasteiger partial charge in [-0.2, -0.15) is 0 Å². The van der Waals surface area contributed by atoms with Gasteiger partial charge in [-0.3, -0.25) is 14.4 Å². The molecule has 3 amide bonds. The molecule has 0 saturated heterocycles. The van der Waals surface area contributed by atoms with Crippen LogP contribution in [0.25, 0.3) is 10.9 Å². The van der Waals surface area contributed by atoms with E-state index in [1.54, 1.807) is 6.20 Å². The normalized spacial score (nSPS) is 13.4. The minimum atomic E-state index is -1.20. The minimum Gasteiger partial charge on any atom is -0.480 e. The van der Waals surface area contributed by atoms with E-state index in [0.717, 1.165) is 22.0 Å². The first-order valence-electron chi connectivity index (χ1n) is 11.2. The lowest BCUT2D eigenvalue weighted by atomic mass is 10.0. The Hall–Kier alpha value is -4.18. The Morgan fingerprint density at radius 1 is 0.886 bits per heavy atom. The Labute approximate surface area is 202 Å². The van der Waals surface area contributed by atoms with Gasteiger partial charge >= 0.3 is 5.97 Å². The van der Waals surface area contributed by atoms with E-state index in [1.807, 2.05) is 54.6 Å². The maximum atomic E-state index is 12.9. The first-order valence-corrected chi connectivity index (χ1v) is 11.2. The molecule has 0 spiro atoms. The highest BCUT2D eigenvalue weighted by Gasteiger charge is 2.28. The molecule has 3 rings (SSSR count). The summed E-state index contributed by atoms with van der Waals surface area (Å²) in [5.74, 6) is -2.95. The van der Waals surface area contributed by atoms with Crippen LogP contribution in [0.5, 0.6) is 0 Å². The van der Waals surface area contributed by atoms with Gasteiger partial charge in [-0.05, 0) is 24.1 Å². The fourth-order valence-corrected chi connectivity index (χ4v) is 3.71. The molecule has 0 saturated carbocycles. The highest BCUT2D eigenvalue weighted by atomic mass is 16.4. The van der Waals surface area contributed by atoms with E-state index in [9.17, 15) is 24.3 Å². The highest BCUT2D eigenvalue weighted by Crippen LogP contribution is 2.19. The van der Waals surface area contributed by atoms with Crippen LogP contribution in [-0.4, -0.2) is 58.5 Å². The van der Waals surface area contributed by atoms with Gasteiger partial charge in [0.05, 0.1) is 6.54 Å². The number of carboxylic acid groups (broad SMARTS) is 1. The van der Waals surface area contributed by atoms with Gasteiger partial charge in [-0.15, -0.1) is 0 Å². The van der Waals surface area contributed by atoms with Crippen LogP contribution < -0.4 is 21.7 Å². The van der Waals surface area contributed by atoms with Crippen molar-refractivity contribution in [2.45, 2.75) is 37.9 Å². The van der Waals surface area contributed by atoms with Gasteiger partial charge < -0.3 is 31.8 Å². The molecule has 2 aromatic carbocycles. The number of aromatic amines is 1. The van der Waals surface area contributed by atoms with E-state index in [2.05, 4.69) is 20.9 Å². The number of carboxylic acids is 1. The topological polar surface area (TPSA) is 166 Å². The highest BCUT2D eigenvalue weighted by molar-refractivity contribution is 5.94. The number of nitrogens with one attached hydrogen (secondary N) is 4. The molecule has 3 unspecified atom stereocenters. The first kappa shape index (κ1) is 25.4. The third-order valence-corrected chi connectivity index (χ3v) is 5.59. The quantitative estimate of drug-likeness (QED) is 0.234. The van der Waals surface area contributed by atoms with Crippen LogP contribution >= 0.6 is 0 Å². The Balaban J connectivity index is 1.65. The lowest BCUT2D eigenvalue weighted by Gasteiger charge is -2.22. The summed E-state index contributed by atoms with van der Waals surface area (Å²) in [5.41, 5.74) is 7.79. The molecule has 35 heavy (non-hydrogen) atoms. The van der Waals surface area contributed by atoms with Gasteiger partial charge in [0, 0.05) is 29.9 Å². The molecular weight excluding hydrogens is 450 g/mol. The zero-order chi connectivity index (χ0) is 25.4. The van der Waals surface area contributed by atoms with Crippen molar-refractivity contribution in [3.63, 3.8) is 0 Å². The molecule has 1 aromatic heterocycles. The summed E-state index contributed by atoms with van der Waals surface area (Å²) in [6.45, 7) is 1.16. The van der Waals surface area contributed by atoms with Crippen LogP contribution in [0.15, 0.2) is 60.8 Å². The number of rotatable bonds is 11. The number of benzene rings is 2.